The van der Waals surface area contributed by atoms with Crippen molar-refractivity contribution in [3.8, 4) is 5.82 Å². The van der Waals surface area contributed by atoms with Gasteiger partial charge in [-0.2, -0.15) is 0 Å². The van der Waals surface area contributed by atoms with E-state index in [2.05, 4.69) is 30.2 Å². The molecule has 3 aromatic heterocycles. The normalized spacial score (nSPS) is 20.6. The number of nitrogens with zero attached hydrogens (tertiary/aromatic N) is 8. The van der Waals surface area contributed by atoms with E-state index >= 15 is 0 Å². The molecule has 5 heterocycles. The number of hydrogen-bond acceptors (Lipinski definition) is 7. The molecule has 154 valence electrons. The van der Waals surface area contributed by atoms with Gasteiger partial charge in [0.05, 0.1) is 24.0 Å². The molecule has 2 aliphatic heterocycles. The van der Waals surface area contributed by atoms with Crippen LogP contribution < -0.4 is 4.90 Å². The van der Waals surface area contributed by atoms with Crippen molar-refractivity contribution in [2.24, 2.45) is 5.92 Å². The van der Waals surface area contributed by atoms with Crippen molar-refractivity contribution >= 4 is 11.9 Å². The number of pyridine rings is 1. The van der Waals surface area contributed by atoms with E-state index in [4.69, 9.17) is 0 Å². The average molecular weight is 404 g/mol. The summed E-state index contributed by atoms with van der Waals surface area (Å²) in [5.74, 6) is 1.82. The van der Waals surface area contributed by atoms with E-state index in [0.29, 0.717) is 23.8 Å². The van der Waals surface area contributed by atoms with Crippen molar-refractivity contribution in [3.05, 3.63) is 53.2 Å². The van der Waals surface area contributed by atoms with Gasteiger partial charge < -0.3 is 9.80 Å². The first-order valence-corrected chi connectivity index (χ1v) is 10.2. The maximum Gasteiger partial charge on any atom is 0.257 e. The number of anilines is 1. The zero-order valence-corrected chi connectivity index (χ0v) is 17.4. The Morgan fingerprint density at radius 3 is 2.63 bits per heavy atom. The minimum Gasteiger partial charge on any atom is -0.336 e. The van der Waals surface area contributed by atoms with Crippen LogP contribution in [-0.4, -0.2) is 66.4 Å². The lowest BCUT2D eigenvalue weighted by Crippen LogP contribution is -2.65. The molecule has 2 saturated heterocycles. The maximum absolute atomic E-state index is 13.5. The minimum absolute atomic E-state index is 0.0247. The number of carbonyl (C=O) groups excluding carboxylic acids is 1. The van der Waals surface area contributed by atoms with Gasteiger partial charge in [-0.1, -0.05) is 5.21 Å². The average Bonchev–Trinajstić information content (AvgIpc) is 3.22. The highest BCUT2D eigenvalue weighted by molar-refractivity contribution is 5.97. The fourth-order valence-electron chi connectivity index (χ4n) is 4.44. The Morgan fingerprint density at radius 2 is 1.90 bits per heavy atom. The first-order chi connectivity index (χ1) is 14.5. The third kappa shape index (κ3) is 3.20. The quantitative estimate of drug-likeness (QED) is 0.656. The first kappa shape index (κ1) is 18.7. The van der Waals surface area contributed by atoms with Gasteiger partial charge in [-0.25, -0.2) is 19.6 Å². The summed E-state index contributed by atoms with van der Waals surface area (Å²) in [6.07, 6.45) is 6.00. The van der Waals surface area contributed by atoms with Crippen molar-refractivity contribution < 1.29 is 4.79 Å². The predicted molar refractivity (Wildman–Crippen MR) is 111 cm³/mol. The van der Waals surface area contributed by atoms with Crippen LogP contribution in [0.4, 0.5) is 5.95 Å². The molecule has 0 bridgehead atoms. The van der Waals surface area contributed by atoms with Crippen molar-refractivity contribution in [1.29, 1.82) is 0 Å². The lowest BCUT2D eigenvalue weighted by atomic mass is 9.82. The van der Waals surface area contributed by atoms with Gasteiger partial charge >= 0.3 is 0 Å². The summed E-state index contributed by atoms with van der Waals surface area (Å²) >= 11 is 0. The van der Waals surface area contributed by atoms with Crippen LogP contribution in [0.1, 0.15) is 33.7 Å². The maximum atomic E-state index is 13.5. The Balaban J connectivity index is 1.40. The second kappa shape index (κ2) is 7.16. The lowest BCUT2D eigenvalue weighted by molar-refractivity contribution is 0.0588. The third-order valence-electron chi connectivity index (χ3n) is 5.94. The van der Waals surface area contributed by atoms with E-state index in [9.17, 15) is 4.79 Å². The Hall–Kier alpha value is -3.36. The SMILES string of the molecule is Cc1cnc(-n2ccnn2)c(C(=O)N2CCC3CN(c4nc(C)cc(C)n4)C3C2)c1. The van der Waals surface area contributed by atoms with Gasteiger partial charge in [0.2, 0.25) is 5.95 Å². The van der Waals surface area contributed by atoms with Gasteiger partial charge in [0.1, 0.15) is 0 Å². The summed E-state index contributed by atoms with van der Waals surface area (Å²) in [7, 11) is 0. The van der Waals surface area contributed by atoms with Gasteiger partial charge in [-0.15, -0.1) is 5.10 Å². The summed E-state index contributed by atoms with van der Waals surface area (Å²) in [5.41, 5.74) is 3.42. The molecule has 0 aromatic carbocycles. The van der Waals surface area contributed by atoms with E-state index in [1.807, 2.05) is 37.8 Å². The number of carbonyl (C=O) groups is 1. The zero-order valence-electron chi connectivity index (χ0n) is 17.4. The van der Waals surface area contributed by atoms with E-state index in [-0.39, 0.29) is 11.9 Å². The number of aromatic nitrogens is 6. The summed E-state index contributed by atoms with van der Waals surface area (Å²) < 4.78 is 1.54. The molecule has 0 saturated carbocycles. The van der Waals surface area contributed by atoms with Crippen LogP contribution in [0.25, 0.3) is 5.82 Å². The Labute approximate surface area is 174 Å². The molecule has 0 radical (unpaired) electrons. The zero-order chi connectivity index (χ0) is 20.8. The molecule has 3 aromatic rings. The molecule has 1 amide bonds. The monoisotopic (exact) mass is 404 g/mol. The highest BCUT2D eigenvalue weighted by Gasteiger charge is 2.45. The number of hydrogen-bond donors (Lipinski definition) is 0. The Morgan fingerprint density at radius 1 is 1.10 bits per heavy atom. The number of piperidine rings is 1. The molecule has 2 fully saturated rings. The van der Waals surface area contributed by atoms with Gasteiger partial charge in [0.25, 0.3) is 5.91 Å². The minimum atomic E-state index is -0.0247. The number of rotatable bonds is 3. The molecule has 9 heteroatoms. The van der Waals surface area contributed by atoms with Gasteiger partial charge in [0, 0.05) is 43.1 Å². The smallest absolute Gasteiger partial charge is 0.257 e. The molecule has 9 nitrogen and oxygen atoms in total. The van der Waals surface area contributed by atoms with Crippen LogP contribution in [0.15, 0.2) is 30.7 Å². The number of likely N-dealkylation sites (tertiary alicyclic amines) is 1. The molecule has 0 aliphatic carbocycles. The number of aryl methyl sites for hydroxylation is 3. The Bertz CT molecular complexity index is 1080. The largest absolute Gasteiger partial charge is 0.336 e. The van der Waals surface area contributed by atoms with Crippen molar-refractivity contribution in [2.45, 2.75) is 33.2 Å². The van der Waals surface area contributed by atoms with Crippen LogP contribution in [0.3, 0.4) is 0 Å². The van der Waals surface area contributed by atoms with Gasteiger partial charge in [-0.3, -0.25) is 4.79 Å². The predicted octanol–water partition coefficient (Wildman–Crippen LogP) is 1.73. The van der Waals surface area contributed by atoms with E-state index < -0.39 is 0 Å². The summed E-state index contributed by atoms with van der Waals surface area (Å²) in [6, 6.07) is 4.11. The highest BCUT2D eigenvalue weighted by Crippen LogP contribution is 2.35. The van der Waals surface area contributed by atoms with E-state index in [0.717, 1.165) is 42.4 Å². The van der Waals surface area contributed by atoms with Crippen molar-refractivity contribution in [2.75, 3.05) is 24.5 Å². The second-order valence-corrected chi connectivity index (χ2v) is 8.20. The first-order valence-electron chi connectivity index (χ1n) is 10.2. The summed E-state index contributed by atoms with van der Waals surface area (Å²) in [4.78, 5) is 31.3. The Kier molecular flexibility index (Phi) is 4.45. The molecular weight excluding hydrogens is 380 g/mol. The molecule has 0 spiro atoms. The van der Waals surface area contributed by atoms with Crippen LogP contribution >= 0.6 is 0 Å². The highest BCUT2D eigenvalue weighted by atomic mass is 16.2. The standard InChI is InChI=1S/C21H24N8O/c1-13-8-17(19(22-10-13)29-7-5-23-26-29)20(30)27-6-4-16-11-28(18(16)12-27)21-24-14(2)9-15(3)25-21/h5,7-10,16,18H,4,6,11-12H2,1-3H3. The molecular formula is C21H24N8O. The topological polar surface area (TPSA) is 92.9 Å². The second-order valence-electron chi connectivity index (χ2n) is 8.20. The molecule has 5 rings (SSSR count). The van der Waals surface area contributed by atoms with Gasteiger partial charge in [0.15, 0.2) is 5.82 Å². The van der Waals surface area contributed by atoms with Crippen LogP contribution in [0.5, 0.6) is 0 Å². The molecule has 2 aliphatic rings. The van der Waals surface area contributed by atoms with E-state index in [1.54, 1.807) is 23.3 Å². The molecule has 2 atom stereocenters. The molecule has 0 N–H and O–H groups in total. The van der Waals surface area contributed by atoms with Crippen LogP contribution in [-0.2, 0) is 0 Å². The van der Waals surface area contributed by atoms with Crippen molar-refractivity contribution in [3.63, 3.8) is 0 Å². The number of amides is 1. The fourth-order valence-corrected chi connectivity index (χ4v) is 4.44. The fraction of sp³-hybridized carbons (Fsp3) is 0.429. The van der Waals surface area contributed by atoms with Crippen molar-refractivity contribution in [1.82, 2.24) is 34.8 Å². The lowest BCUT2D eigenvalue weighted by Gasteiger charge is -2.53. The van der Waals surface area contributed by atoms with Gasteiger partial charge in [-0.05, 0) is 44.9 Å². The van der Waals surface area contributed by atoms with Crippen LogP contribution in [0, 0.1) is 26.7 Å². The van der Waals surface area contributed by atoms with Crippen LogP contribution in [0.2, 0.25) is 0 Å². The molecule has 30 heavy (non-hydrogen) atoms. The summed E-state index contributed by atoms with van der Waals surface area (Å²) in [6.45, 7) is 8.26. The third-order valence-corrected chi connectivity index (χ3v) is 5.94. The van der Waals surface area contributed by atoms with E-state index in [1.165, 1.54) is 0 Å². The number of fused-ring (bicyclic) bond motifs is 1. The summed E-state index contributed by atoms with van der Waals surface area (Å²) in [5, 5.41) is 7.87. The molecule has 2 unspecified atom stereocenters.